The van der Waals surface area contributed by atoms with Crippen molar-refractivity contribution in [2.45, 2.75) is 19.4 Å². The summed E-state index contributed by atoms with van der Waals surface area (Å²) >= 11 is 0. The van der Waals surface area contributed by atoms with E-state index in [2.05, 4.69) is 26.8 Å². The van der Waals surface area contributed by atoms with Crippen molar-refractivity contribution in [2.75, 3.05) is 24.4 Å². The summed E-state index contributed by atoms with van der Waals surface area (Å²) in [4.78, 5) is 16.3. The summed E-state index contributed by atoms with van der Waals surface area (Å²) in [6.07, 6.45) is 3.25. The van der Waals surface area contributed by atoms with E-state index >= 15 is 0 Å². The van der Waals surface area contributed by atoms with E-state index in [9.17, 15) is 9.90 Å². The number of hydrogen-bond donors (Lipinski definition) is 3. The lowest BCUT2D eigenvalue weighted by atomic mass is 10.1. The van der Waals surface area contributed by atoms with Crippen molar-refractivity contribution in [3.63, 3.8) is 0 Å². The number of carbonyl (C=O) groups is 1. The first-order valence-electron chi connectivity index (χ1n) is 10.6. The van der Waals surface area contributed by atoms with Gasteiger partial charge in [-0.15, -0.1) is 0 Å². The first-order valence-corrected chi connectivity index (χ1v) is 10.6. The molecular formula is C24H23N5O4. The van der Waals surface area contributed by atoms with E-state index < -0.39 is 5.97 Å². The number of aryl methyl sites for hydroxylation is 1. The molecule has 5 rings (SSSR count). The monoisotopic (exact) mass is 445 g/mol. The number of aromatic carboxylic acids is 1. The number of anilines is 3. The van der Waals surface area contributed by atoms with Crippen LogP contribution in [0.3, 0.4) is 0 Å². The van der Waals surface area contributed by atoms with Gasteiger partial charge in [-0.2, -0.15) is 9.61 Å². The molecule has 0 fully saturated rings. The highest BCUT2D eigenvalue weighted by molar-refractivity contribution is 5.94. The quantitative estimate of drug-likeness (QED) is 0.390. The van der Waals surface area contributed by atoms with Gasteiger partial charge in [0, 0.05) is 12.6 Å². The van der Waals surface area contributed by atoms with Crippen LogP contribution in [0.25, 0.3) is 5.65 Å². The number of fused-ring (bicyclic) bond motifs is 2. The molecule has 9 nitrogen and oxygen atoms in total. The highest BCUT2D eigenvalue weighted by atomic mass is 16.5. The molecule has 1 aliphatic rings. The van der Waals surface area contributed by atoms with Crippen LogP contribution in [0.2, 0.25) is 0 Å². The molecule has 0 atom stereocenters. The third kappa shape index (κ3) is 4.12. The molecule has 9 heteroatoms. The highest BCUT2D eigenvalue weighted by Crippen LogP contribution is 2.35. The summed E-state index contributed by atoms with van der Waals surface area (Å²) in [6.45, 7) is 1.17. The SMILES string of the molecule is COc1ccc(CNc2cc(Nc3cccc4c3OCCC4)nc3c(C(=O)O)cnn23)cc1. The van der Waals surface area contributed by atoms with Crippen LogP contribution in [0.5, 0.6) is 11.5 Å². The Morgan fingerprint density at radius 2 is 2.09 bits per heavy atom. The summed E-state index contributed by atoms with van der Waals surface area (Å²) in [5.74, 6) is 1.60. The van der Waals surface area contributed by atoms with Crippen molar-refractivity contribution in [3.05, 3.63) is 71.4 Å². The molecule has 0 unspecified atom stereocenters. The van der Waals surface area contributed by atoms with Crippen LogP contribution in [0.15, 0.2) is 54.7 Å². The maximum absolute atomic E-state index is 11.7. The molecule has 0 bridgehead atoms. The number of carboxylic acid groups (broad SMARTS) is 1. The minimum Gasteiger partial charge on any atom is -0.497 e. The van der Waals surface area contributed by atoms with Crippen LogP contribution < -0.4 is 20.1 Å². The highest BCUT2D eigenvalue weighted by Gasteiger charge is 2.19. The summed E-state index contributed by atoms with van der Waals surface area (Å²) < 4.78 is 12.6. The third-order valence-corrected chi connectivity index (χ3v) is 5.53. The molecule has 3 N–H and O–H groups in total. The predicted molar refractivity (Wildman–Crippen MR) is 124 cm³/mol. The van der Waals surface area contributed by atoms with Crippen molar-refractivity contribution < 1.29 is 19.4 Å². The molecule has 1 aliphatic heterocycles. The van der Waals surface area contributed by atoms with E-state index in [4.69, 9.17) is 9.47 Å². The van der Waals surface area contributed by atoms with Gasteiger partial charge in [0.25, 0.3) is 0 Å². The second kappa shape index (κ2) is 8.70. The molecule has 0 saturated heterocycles. The second-order valence-corrected chi connectivity index (χ2v) is 7.70. The number of carboxylic acids is 1. The Kier molecular flexibility index (Phi) is 5.43. The Morgan fingerprint density at radius 1 is 1.24 bits per heavy atom. The van der Waals surface area contributed by atoms with Gasteiger partial charge in [-0.25, -0.2) is 9.78 Å². The maximum Gasteiger partial charge on any atom is 0.341 e. The zero-order valence-electron chi connectivity index (χ0n) is 18.0. The molecule has 0 spiro atoms. The Hall–Kier alpha value is -4.27. The van der Waals surface area contributed by atoms with Crippen LogP contribution in [-0.2, 0) is 13.0 Å². The van der Waals surface area contributed by atoms with Gasteiger partial charge in [-0.05, 0) is 42.2 Å². The van der Waals surface area contributed by atoms with Crippen LogP contribution in [0.1, 0.15) is 27.9 Å². The van der Waals surface area contributed by atoms with E-state index in [-0.39, 0.29) is 11.2 Å². The average Bonchev–Trinajstić information content (AvgIpc) is 3.28. The zero-order valence-corrected chi connectivity index (χ0v) is 18.0. The van der Waals surface area contributed by atoms with E-state index in [1.54, 1.807) is 13.2 Å². The first-order chi connectivity index (χ1) is 16.1. The molecule has 33 heavy (non-hydrogen) atoms. The summed E-state index contributed by atoms with van der Waals surface area (Å²) in [6, 6.07) is 15.5. The van der Waals surface area contributed by atoms with Crippen LogP contribution in [-0.4, -0.2) is 39.4 Å². The normalized spacial score (nSPS) is 12.6. The zero-order chi connectivity index (χ0) is 22.8. The summed E-state index contributed by atoms with van der Waals surface area (Å²) in [5, 5.41) is 20.5. The smallest absolute Gasteiger partial charge is 0.341 e. The largest absolute Gasteiger partial charge is 0.497 e. The lowest BCUT2D eigenvalue weighted by Crippen LogP contribution is -2.11. The standard InChI is InChI=1S/C24H23N5O4/c1-32-17-9-7-15(8-10-17)13-25-21-12-20(28-23-18(24(30)31)14-26-29(21)23)27-19-6-2-4-16-5-3-11-33-22(16)19/h2,4,6-10,12,14,25H,3,5,11,13H2,1H3,(H,27,28)(H,30,31). The minimum atomic E-state index is -1.09. The number of benzene rings is 2. The van der Waals surface area contributed by atoms with Gasteiger partial charge in [0.05, 0.1) is 25.6 Å². The van der Waals surface area contributed by atoms with Gasteiger partial charge < -0.3 is 25.2 Å². The van der Waals surface area contributed by atoms with Crippen molar-refractivity contribution in [1.82, 2.24) is 14.6 Å². The van der Waals surface area contributed by atoms with E-state index in [0.29, 0.717) is 24.8 Å². The van der Waals surface area contributed by atoms with Crippen LogP contribution in [0.4, 0.5) is 17.3 Å². The molecule has 168 valence electrons. The van der Waals surface area contributed by atoms with Crippen molar-refractivity contribution in [3.8, 4) is 11.5 Å². The molecule has 0 radical (unpaired) electrons. The fourth-order valence-corrected chi connectivity index (χ4v) is 3.87. The van der Waals surface area contributed by atoms with Gasteiger partial charge in [-0.1, -0.05) is 24.3 Å². The number of para-hydroxylation sites is 1. The van der Waals surface area contributed by atoms with Gasteiger partial charge in [0.1, 0.15) is 28.7 Å². The topological polar surface area (TPSA) is 110 Å². The number of hydrogen-bond acceptors (Lipinski definition) is 7. The van der Waals surface area contributed by atoms with Gasteiger partial charge in [-0.3, -0.25) is 0 Å². The van der Waals surface area contributed by atoms with E-state index in [1.165, 1.54) is 10.7 Å². The molecule has 0 aliphatic carbocycles. The van der Waals surface area contributed by atoms with Gasteiger partial charge in [0.15, 0.2) is 5.65 Å². The van der Waals surface area contributed by atoms with Crippen LogP contribution >= 0.6 is 0 Å². The molecule has 3 heterocycles. The fourth-order valence-electron chi connectivity index (χ4n) is 3.87. The van der Waals surface area contributed by atoms with Crippen LogP contribution in [0, 0.1) is 0 Å². The Balaban J connectivity index is 1.50. The minimum absolute atomic E-state index is 0.0255. The number of ether oxygens (including phenoxy) is 2. The Labute approximate surface area is 190 Å². The fraction of sp³-hybridized carbons (Fsp3) is 0.208. The summed E-state index contributed by atoms with van der Waals surface area (Å²) in [7, 11) is 1.63. The average molecular weight is 445 g/mol. The van der Waals surface area contributed by atoms with Gasteiger partial charge in [0.2, 0.25) is 0 Å². The second-order valence-electron chi connectivity index (χ2n) is 7.70. The van der Waals surface area contributed by atoms with E-state index in [1.807, 2.05) is 36.4 Å². The maximum atomic E-state index is 11.7. The summed E-state index contributed by atoms with van der Waals surface area (Å²) in [5.41, 5.74) is 3.24. The number of rotatable bonds is 7. The Bertz CT molecular complexity index is 1320. The number of nitrogens with zero attached hydrogens (tertiary/aromatic N) is 3. The van der Waals surface area contributed by atoms with E-state index in [0.717, 1.165) is 41.2 Å². The third-order valence-electron chi connectivity index (χ3n) is 5.53. The lowest BCUT2D eigenvalue weighted by molar-refractivity contribution is 0.0698. The molecule has 2 aromatic heterocycles. The molecular weight excluding hydrogens is 422 g/mol. The van der Waals surface area contributed by atoms with Crippen molar-refractivity contribution in [2.24, 2.45) is 0 Å². The molecule has 4 aromatic rings. The predicted octanol–water partition coefficient (Wildman–Crippen LogP) is 4.12. The Morgan fingerprint density at radius 3 is 2.88 bits per heavy atom. The lowest BCUT2D eigenvalue weighted by Gasteiger charge is -2.21. The number of aromatic nitrogens is 3. The van der Waals surface area contributed by atoms with Crippen molar-refractivity contribution >= 4 is 28.9 Å². The molecule has 0 amide bonds. The van der Waals surface area contributed by atoms with Crippen molar-refractivity contribution in [1.29, 1.82) is 0 Å². The molecule has 2 aromatic carbocycles. The first kappa shape index (κ1) is 20.6. The molecule has 0 saturated carbocycles. The van der Waals surface area contributed by atoms with Gasteiger partial charge >= 0.3 is 5.97 Å². The number of methoxy groups -OCH3 is 1. The number of nitrogens with one attached hydrogen (secondary N) is 2.